The number of urea groups is 1. The van der Waals surface area contributed by atoms with E-state index in [0.29, 0.717) is 18.5 Å². The van der Waals surface area contributed by atoms with Gasteiger partial charge < -0.3 is 31.3 Å². The molecule has 0 aliphatic rings. The van der Waals surface area contributed by atoms with E-state index in [4.69, 9.17) is 10.2 Å². The van der Waals surface area contributed by atoms with Crippen molar-refractivity contribution >= 4 is 29.8 Å². The Morgan fingerprint density at radius 2 is 1.55 bits per heavy atom. The number of nitrogens with one attached hydrogen (secondary N) is 3. The van der Waals surface area contributed by atoms with Crippen LogP contribution in [-0.2, 0) is 14.4 Å². The zero-order valence-electron chi connectivity index (χ0n) is 16.8. The molecule has 0 saturated heterocycles. The van der Waals surface area contributed by atoms with Gasteiger partial charge in [0, 0.05) is 18.7 Å². The third kappa shape index (κ3) is 10.0. The Hall–Kier alpha value is -3.77. The van der Waals surface area contributed by atoms with E-state index < -0.39 is 42.4 Å². The summed E-state index contributed by atoms with van der Waals surface area (Å²) in [7, 11) is 0. The molecule has 2 atom stereocenters. The molecular formula is C18H25N5O8. The van der Waals surface area contributed by atoms with Gasteiger partial charge in [0.05, 0.1) is 0 Å². The summed E-state index contributed by atoms with van der Waals surface area (Å²) in [6.45, 7) is 1.98. The van der Waals surface area contributed by atoms with Crippen molar-refractivity contribution in [3.05, 3.63) is 23.8 Å². The van der Waals surface area contributed by atoms with Crippen molar-refractivity contribution in [1.29, 1.82) is 0 Å². The Morgan fingerprint density at radius 3 is 2.10 bits per heavy atom. The van der Waals surface area contributed by atoms with Gasteiger partial charge in [-0.25, -0.2) is 24.4 Å². The van der Waals surface area contributed by atoms with Gasteiger partial charge in [-0.1, -0.05) is 0 Å². The fourth-order valence-electron chi connectivity index (χ4n) is 2.49. The maximum absolute atomic E-state index is 12.0. The van der Waals surface area contributed by atoms with Gasteiger partial charge in [-0.15, -0.1) is 0 Å². The Balaban J connectivity index is 2.42. The zero-order valence-corrected chi connectivity index (χ0v) is 16.8. The normalized spacial score (nSPS) is 12.3. The first-order chi connectivity index (χ1) is 14.6. The molecule has 170 valence electrons. The molecule has 1 rings (SSSR count). The van der Waals surface area contributed by atoms with Crippen molar-refractivity contribution < 1.29 is 39.3 Å². The molecule has 1 aromatic heterocycles. The summed E-state index contributed by atoms with van der Waals surface area (Å²) in [5.74, 6) is -4.36. The van der Waals surface area contributed by atoms with E-state index in [1.54, 1.807) is 6.92 Å². The number of carboxylic acid groups (broad SMARTS) is 3. The third-order valence-corrected chi connectivity index (χ3v) is 4.10. The Morgan fingerprint density at radius 1 is 0.935 bits per heavy atom. The van der Waals surface area contributed by atoms with Crippen molar-refractivity contribution in [2.75, 3.05) is 6.54 Å². The number of carboxylic acids is 3. The largest absolute Gasteiger partial charge is 0.481 e. The van der Waals surface area contributed by atoms with Gasteiger partial charge in [-0.2, -0.15) is 0 Å². The molecule has 6 N–H and O–H groups in total. The molecule has 0 aromatic carbocycles. The molecule has 0 spiro atoms. The monoisotopic (exact) mass is 439 g/mol. The fraction of sp³-hybridized carbons (Fsp3) is 0.500. The molecule has 1 aromatic rings. The second-order valence-electron chi connectivity index (χ2n) is 6.63. The van der Waals surface area contributed by atoms with Gasteiger partial charge in [0.15, 0.2) is 0 Å². The van der Waals surface area contributed by atoms with Gasteiger partial charge in [0.1, 0.15) is 24.1 Å². The van der Waals surface area contributed by atoms with E-state index >= 15 is 0 Å². The number of carbonyl (C=O) groups excluding carboxylic acids is 2. The summed E-state index contributed by atoms with van der Waals surface area (Å²) in [5.41, 5.74) is 0.854. The first-order valence-corrected chi connectivity index (χ1v) is 9.41. The molecule has 13 heteroatoms. The summed E-state index contributed by atoms with van der Waals surface area (Å²) in [5, 5.41) is 33.7. The number of aryl methyl sites for hydroxylation is 1. The van der Waals surface area contributed by atoms with E-state index in [-0.39, 0.29) is 31.0 Å². The number of carbonyl (C=O) groups is 5. The van der Waals surface area contributed by atoms with Crippen LogP contribution in [0.4, 0.5) is 4.79 Å². The predicted molar refractivity (Wildman–Crippen MR) is 104 cm³/mol. The molecular weight excluding hydrogens is 414 g/mol. The van der Waals surface area contributed by atoms with Crippen LogP contribution in [0.3, 0.4) is 0 Å². The summed E-state index contributed by atoms with van der Waals surface area (Å²) >= 11 is 0. The SMILES string of the molecule is Cc1cc(C(=O)NCCCC[C@H](NC(=O)N[C@@H](CCC(=O)O)C(=O)O)C(=O)O)ncn1. The van der Waals surface area contributed by atoms with Crippen LogP contribution < -0.4 is 16.0 Å². The Labute approximate surface area is 177 Å². The highest BCUT2D eigenvalue weighted by molar-refractivity contribution is 5.92. The minimum absolute atomic E-state index is 0.0398. The summed E-state index contributed by atoms with van der Waals surface area (Å²) in [6, 6.07) is -2.25. The highest BCUT2D eigenvalue weighted by Gasteiger charge is 2.24. The number of amides is 3. The number of aromatic nitrogens is 2. The minimum Gasteiger partial charge on any atom is -0.481 e. The Kier molecular flexibility index (Phi) is 10.4. The molecule has 0 aliphatic heterocycles. The lowest BCUT2D eigenvalue weighted by atomic mass is 10.1. The zero-order chi connectivity index (χ0) is 23.4. The van der Waals surface area contributed by atoms with Crippen LogP contribution in [0.5, 0.6) is 0 Å². The molecule has 1 heterocycles. The summed E-state index contributed by atoms with van der Waals surface area (Å²) in [4.78, 5) is 64.6. The van der Waals surface area contributed by atoms with Crippen molar-refractivity contribution in [2.24, 2.45) is 0 Å². The topological polar surface area (TPSA) is 208 Å². The average molecular weight is 439 g/mol. The van der Waals surface area contributed by atoms with Crippen molar-refractivity contribution in [1.82, 2.24) is 25.9 Å². The molecule has 0 unspecified atom stereocenters. The first-order valence-electron chi connectivity index (χ1n) is 9.41. The van der Waals surface area contributed by atoms with Crippen LogP contribution in [0.1, 0.15) is 48.3 Å². The van der Waals surface area contributed by atoms with Crippen molar-refractivity contribution in [3.63, 3.8) is 0 Å². The van der Waals surface area contributed by atoms with Crippen LogP contribution in [0.15, 0.2) is 12.4 Å². The molecule has 0 radical (unpaired) electrons. The number of hydrogen-bond acceptors (Lipinski definition) is 7. The Bertz CT molecular complexity index is 816. The lowest BCUT2D eigenvalue weighted by molar-refractivity contribution is -0.140. The van der Waals surface area contributed by atoms with E-state index in [1.165, 1.54) is 12.4 Å². The predicted octanol–water partition coefficient (Wildman–Crippen LogP) is -0.244. The van der Waals surface area contributed by atoms with E-state index in [1.807, 2.05) is 0 Å². The second kappa shape index (κ2) is 12.7. The first kappa shape index (κ1) is 25.3. The van der Waals surface area contributed by atoms with Crippen LogP contribution in [-0.4, -0.2) is 73.8 Å². The van der Waals surface area contributed by atoms with Gasteiger partial charge in [-0.05, 0) is 38.7 Å². The molecule has 0 saturated carbocycles. The highest BCUT2D eigenvalue weighted by atomic mass is 16.4. The molecule has 31 heavy (non-hydrogen) atoms. The van der Waals surface area contributed by atoms with Crippen LogP contribution in [0.25, 0.3) is 0 Å². The lowest BCUT2D eigenvalue weighted by Crippen LogP contribution is -2.51. The standard InChI is InChI=1S/C18H25N5O8/c1-10-8-13(21-9-20-10)15(26)19-7-3-2-4-11(16(27)28)22-18(31)23-12(17(29)30)5-6-14(24)25/h8-9,11-12H,2-7H2,1H3,(H,19,26)(H,24,25)(H,27,28)(H,29,30)(H2,22,23,31)/t11-,12-/m0/s1. The third-order valence-electron chi connectivity index (χ3n) is 4.10. The average Bonchev–Trinajstić information content (AvgIpc) is 2.69. The summed E-state index contributed by atoms with van der Waals surface area (Å²) < 4.78 is 0. The number of rotatable bonds is 13. The molecule has 0 fully saturated rings. The number of unbranched alkanes of at least 4 members (excludes halogenated alkanes) is 1. The van der Waals surface area contributed by atoms with E-state index in [2.05, 4.69) is 25.9 Å². The molecule has 13 nitrogen and oxygen atoms in total. The van der Waals surface area contributed by atoms with Crippen molar-refractivity contribution in [3.8, 4) is 0 Å². The van der Waals surface area contributed by atoms with Gasteiger partial charge in [0.2, 0.25) is 0 Å². The van der Waals surface area contributed by atoms with Crippen LogP contribution in [0.2, 0.25) is 0 Å². The lowest BCUT2D eigenvalue weighted by Gasteiger charge is -2.18. The maximum Gasteiger partial charge on any atom is 0.326 e. The smallest absolute Gasteiger partial charge is 0.326 e. The quantitative estimate of drug-likeness (QED) is 0.222. The molecule has 3 amide bonds. The molecule has 0 bridgehead atoms. The van der Waals surface area contributed by atoms with E-state index in [9.17, 15) is 29.1 Å². The number of hydrogen-bond donors (Lipinski definition) is 6. The van der Waals surface area contributed by atoms with Gasteiger partial charge in [-0.3, -0.25) is 9.59 Å². The highest BCUT2D eigenvalue weighted by Crippen LogP contribution is 2.03. The molecule has 0 aliphatic carbocycles. The van der Waals surface area contributed by atoms with Crippen LogP contribution in [0, 0.1) is 6.92 Å². The minimum atomic E-state index is -1.47. The van der Waals surface area contributed by atoms with Gasteiger partial charge in [0.25, 0.3) is 5.91 Å². The maximum atomic E-state index is 12.0. The van der Waals surface area contributed by atoms with Gasteiger partial charge >= 0.3 is 23.9 Å². The van der Waals surface area contributed by atoms with E-state index in [0.717, 1.165) is 0 Å². The number of nitrogens with zero attached hydrogens (tertiary/aromatic N) is 2. The summed E-state index contributed by atoms with van der Waals surface area (Å²) in [6.07, 6.45) is 1.27. The number of aliphatic carboxylic acids is 3. The van der Waals surface area contributed by atoms with Crippen LogP contribution >= 0.6 is 0 Å². The van der Waals surface area contributed by atoms with Crippen molar-refractivity contribution in [2.45, 2.75) is 51.1 Å². The second-order valence-corrected chi connectivity index (χ2v) is 6.63. The fourth-order valence-corrected chi connectivity index (χ4v) is 2.49.